The van der Waals surface area contributed by atoms with Crippen LogP contribution >= 0.6 is 0 Å². The summed E-state index contributed by atoms with van der Waals surface area (Å²) < 4.78 is 26.5. The Kier molecular flexibility index (Phi) is 4.37. The second-order valence-corrected chi connectivity index (χ2v) is 6.66. The van der Waals surface area contributed by atoms with E-state index in [2.05, 4.69) is 5.32 Å². The smallest absolute Gasteiger partial charge is 0.218 e. The van der Waals surface area contributed by atoms with Crippen LogP contribution in [-0.2, 0) is 15.8 Å². The molecule has 1 aromatic rings. The van der Waals surface area contributed by atoms with Gasteiger partial charge in [-0.25, -0.2) is 8.42 Å². The SMILES string of the molecule is CC1CCNCCN1S(=O)(=O)Cc1ccccc1. The Balaban J connectivity index is 2.14. The van der Waals surface area contributed by atoms with Crippen molar-refractivity contribution in [2.24, 2.45) is 0 Å². The van der Waals surface area contributed by atoms with Gasteiger partial charge >= 0.3 is 0 Å². The molecule has 0 radical (unpaired) electrons. The van der Waals surface area contributed by atoms with Crippen LogP contribution in [0.15, 0.2) is 30.3 Å². The average molecular weight is 268 g/mol. The fourth-order valence-electron chi connectivity index (χ4n) is 2.27. The number of sulfonamides is 1. The Bertz CT molecular complexity index is 473. The fourth-order valence-corrected chi connectivity index (χ4v) is 4.07. The Morgan fingerprint density at radius 1 is 1.28 bits per heavy atom. The predicted octanol–water partition coefficient (Wildman–Crippen LogP) is 1.20. The lowest BCUT2D eigenvalue weighted by Crippen LogP contribution is -2.40. The molecular weight excluding hydrogens is 248 g/mol. The number of hydrogen-bond acceptors (Lipinski definition) is 3. The van der Waals surface area contributed by atoms with E-state index in [-0.39, 0.29) is 11.8 Å². The number of rotatable bonds is 3. The highest BCUT2D eigenvalue weighted by molar-refractivity contribution is 7.88. The maximum atomic E-state index is 12.4. The fraction of sp³-hybridized carbons (Fsp3) is 0.538. The first-order chi connectivity index (χ1) is 8.59. The van der Waals surface area contributed by atoms with Crippen LogP contribution in [0, 0.1) is 0 Å². The number of nitrogens with one attached hydrogen (secondary N) is 1. The van der Waals surface area contributed by atoms with Gasteiger partial charge in [0.25, 0.3) is 0 Å². The second-order valence-electron chi connectivity index (χ2n) is 4.74. The van der Waals surface area contributed by atoms with E-state index in [1.54, 1.807) is 4.31 Å². The molecule has 1 unspecified atom stereocenters. The van der Waals surface area contributed by atoms with Gasteiger partial charge in [-0.15, -0.1) is 0 Å². The number of hydrogen-bond donors (Lipinski definition) is 1. The molecule has 2 rings (SSSR count). The summed E-state index contributed by atoms with van der Waals surface area (Å²) in [6.07, 6.45) is 0.869. The molecule has 4 nitrogen and oxygen atoms in total. The molecule has 1 heterocycles. The Morgan fingerprint density at radius 3 is 2.72 bits per heavy atom. The summed E-state index contributed by atoms with van der Waals surface area (Å²) >= 11 is 0. The van der Waals surface area contributed by atoms with Crippen LogP contribution in [0.1, 0.15) is 18.9 Å². The molecule has 0 spiro atoms. The van der Waals surface area contributed by atoms with Gasteiger partial charge in [-0.3, -0.25) is 0 Å². The van der Waals surface area contributed by atoms with Gasteiger partial charge in [0, 0.05) is 19.1 Å². The van der Waals surface area contributed by atoms with Crippen molar-refractivity contribution in [3.8, 4) is 0 Å². The molecular formula is C13H20N2O2S. The standard InChI is InChI=1S/C13H20N2O2S/c1-12-7-8-14-9-10-15(12)18(16,17)11-13-5-3-2-4-6-13/h2-6,12,14H,7-11H2,1H3. The van der Waals surface area contributed by atoms with Crippen LogP contribution in [0.2, 0.25) is 0 Å². The third kappa shape index (κ3) is 3.31. The van der Waals surface area contributed by atoms with Gasteiger partial charge < -0.3 is 5.32 Å². The van der Waals surface area contributed by atoms with Crippen LogP contribution in [0.25, 0.3) is 0 Å². The molecule has 0 aromatic heterocycles. The van der Waals surface area contributed by atoms with Crippen molar-refractivity contribution in [1.29, 1.82) is 0 Å². The summed E-state index contributed by atoms with van der Waals surface area (Å²) in [4.78, 5) is 0. The summed E-state index contributed by atoms with van der Waals surface area (Å²) in [6, 6.07) is 9.44. The largest absolute Gasteiger partial charge is 0.315 e. The van der Waals surface area contributed by atoms with Crippen LogP contribution in [0.3, 0.4) is 0 Å². The summed E-state index contributed by atoms with van der Waals surface area (Å²) in [5, 5.41) is 3.24. The lowest BCUT2D eigenvalue weighted by molar-refractivity contribution is 0.350. The quantitative estimate of drug-likeness (QED) is 0.896. The lowest BCUT2D eigenvalue weighted by atomic mass is 10.2. The van der Waals surface area contributed by atoms with E-state index in [4.69, 9.17) is 0 Å². The Morgan fingerprint density at radius 2 is 2.00 bits per heavy atom. The molecule has 1 fully saturated rings. The van der Waals surface area contributed by atoms with E-state index in [9.17, 15) is 8.42 Å². The minimum atomic E-state index is -3.22. The highest BCUT2D eigenvalue weighted by Gasteiger charge is 2.28. The van der Waals surface area contributed by atoms with E-state index >= 15 is 0 Å². The van der Waals surface area contributed by atoms with Gasteiger partial charge in [-0.05, 0) is 25.5 Å². The first-order valence-electron chi connectivity index (χ1n) is 6.34. The van der Waals surface area contributed by atoms with E-state index in [0.717, 1.165) is 25.1 Å². The predicted molar refractivity (Wildman–Crippen MR) is 72.7 cm³/mol. The number of nitrogens with zero attached hydrogens (tertiary/aromatic N) is 1. The van der Waals surface area contributed by atoms with Crippen molar-refractivity contribution < 1.29 is 8.42 Å². The van der Waals surface area contributed by atoms with Gasteiger partial charge in [0.2, 0.25) is 10.0 Å². The van der Waals surface area contributed by atoms with Gasteiger partial charge in [0.05, 0.1) is 5.75 Å². The van der Waals surface area contributed by atoms with Crippen molar-refractivity contribution >= 4 is 10.0 Å². The second kappa shape index (κ2) is 5.82. The van der Waals surface area contributed by atoms with Crippen molar-refractivity contribution in [2.75, 3.05) is 19.6 Å². The molecule has 0 aliphatic carbocycles. The normalized spacial score (nSPS) is 22.6. The van der Waals surface area contributed by atoms with Crippen molar-refractivity contribution in [1.82, 2.24) is 9.62 Å². The zero-order valence-corrected chi connectivity index (χ0v) is 11.5. The van der Waals surface area contributed by atoms with Gasteiger partial charge in [0.15, 0.2) is 0 Å². The van der Waals surface area contributed by atoms with E-state index in [1.165, 1.54) is 0 Å². The maximum Gasteiger partial charge on any atom is 0.218 e. The molecule has 0 amide bonds. The van der Waals surface area contributed by atoms with Crippen LogP contribution in [-0.4, -0.2) is 38.4 Å². The summed E-state index contributed by atoms with van der Waals surface area (Å²) in [5.41, 5.74) is 0.849. The molecule has 1 saturated heterocycles. The van der Waals surface area contributed by atoms with Crippen LogP contribution < -0.4 is 5.32 Å². The van der Waals surface area contributed by atoms with Gasteiger partial charge in [0.1, 0.15) is 0 Å². The lowest BCUT2D eigenvalue weighted by Gasteiger charge is -2.25. The average Bonchev–Trinajstić information content (AvgIpc) is 2.55. The zero-order chi connectivity index (χ0) is 13.0. The molecule has 1 atom stereocenters. The first kappa shape index (κ1) is 13.5. The van der Waals surface area contributed by atoms with E-state index in [1.807, 2.05) is 37.3 Å². The molecule has 1 aliphatic heterocycles. The maximum absolute atomic E-state index is 12.4. The Hall–Kier alpha value is -0.910. The molecule has 0 saturated carbocycles. The van der Waals surface area contributed by atoms with E-state index < -0.39 is 10.0 Å². The Labute approximate surface area is 109 Å². The zero-order valence-electron chi connectivity index (χ0n) is 10.7. The molecule has 100 valence electrons. The van der Waals surface area contributed by atoms with E-state index in [0.29, 0.717) is 6.54 Å². The van der Waals surface area contributed by atoms with Crippen molar-refractivity contribution in [3.63, 3.8) is 0 Å². The molecule has 0 bridgehead atoms. The van der Waals surface area contributed by atoms with Crippen molar-refractivity contribution in [3.05, 3.63) is 35.9 Å². The van der Waals surface area contributed by atoms with Gasteiger partial charge in [-0.1, -0.05) is 30.3 Å². The van der Waals surface area contributed by atoms with Crippen molar-refractivity contribution in [2.45, 2.75) is 25.1 Å². The van der Waals surface area contributed by atoms with Gasteiger partial charge in [-0.2, -0.15) is 4.31 Å². The topological polar surface area (TPSA) is 49.4 Å². The molecule has 1 aromatic carbocycles. The first-order valence-corrected chi connectivity index (χ1v) is 7.95. The highest BCUT2D eigenvalue weighted by atomic mass is 32.2. The minimum Gasteiger partial charge on any atom is -0.315 e. The third-order valence-corrected chi connectivity index (χ3v) is 5.24. The summed E-state index contributed by atoms with van der Waals surface area (Å²) in [6.45, 7) is 4.17. The van der Waals surface area contributed by atoms with Crippen LogP contribution in [0.4, 0.5) is 0 Å². The monoisotopic (exact) mass is 268 g/mol. The number of benzene rings is 1. The third-order valence-electron chi connectivity index (χ3n) is 3.29. The summed E-state index contributed by atoms with van der Waals surface area (Å²) in [5.74, 6) is 0.0954. The molecule has 5 heteroatoms. The summed E-state index contributed by atoms with van der Waals surface area (Å²) in [7, 11) is -3.22. The van der Waals surface area contributed by atoms with Crippen LogP contribution in [0.5, 0.6) is 0 Å². The molecule has 1 aliphatic rings. The molecule has 1 N–H and O–H groups in total. The minimum absolute atomic E-state index is 0.0775. The molecule has 18 heavy (non-hydrogen) atoms. The highest BCUT2D eigenvalue weighted by Crippen LogP contribution is 2.16.